The highest BCUT2D eigenvalue weighted by Gasteiger charge is 2.05. The molecule has 0 saturated carbocycles. The monoisotopic (exact) mass is 225 g/mol. The van der Waals surface area contributed by atoms with Crippen molar-refractivity contribution in [3.8, 4) is 0 Å². The van der Waals surface area contributed by atoms with Crippen molar-refractivity contribution in [1.29, 1.82) is 0 Å². The molecule has 0 radical (unpaired) electrons. The highest BCUT2D eigenvalue weighted by atomic mass is 32.2. The minimum absolute atomic E-state index is 0.168. The zero-order valence-electron chi connectivity index (χ0n) is 9.60. The van der Waals surface area contributed by atoms with Crippen molar-refractivity contribution < 1.29 is 0 Å². The van der Waals surface area contributed by atoms with E-state index in [-0.39, 0.29) is 6.04 Å². The second kappa shape index (κ2) is 6.08. The maximum absolute atomic E-state index is 5.70. The largest absolute Gasteiger partial charge is 0.328 e. The fourth-order valence-electron chi connectivity index (χ4n) is 1.14. The number of rotatable bonds is 5. The zero-order chi connectivity index (χ0) is 11.3. The smallest absolute Gasteiger partial charge is 0.187 e. The van der Waals surface area contributed by atoms with Crippen LogP contribution in [0.5, 0.6) is 0 Å². The maximum atomic E-state index is 5.70. The third kappa shape index (κ3) is 4.62. The van der Waals surface area contributed by atoms with Gasteiger partial charge in [-0.05, 0) is 25.3 Å². The summed E-state index contributed by atoms with van der Waals surface area (Å²) in [6.45, 7) is 6.34. The lowest BCUT2D eigenvalue weighted by atomic mass is 10.1. The van der Waals surface area contributed by atoms with Gasteiger partial charge in [0.25, 0.3) is 0 Å². The Kier molecular flexibility index (Phi) is 5.05. The van der Waals surface area contributed by atoms with Gasteiger partial charge in [0.2, 0.25) is 0 Å². The number of thioether (sulfide) groups is 1. The Labute approximate surface area is 95.9 Å². The molecule has 0 aliphatic carbocycles. The summed E-state index contributed by atoms with van der Waals surface area (Å²) in [5.74, 6) is 0. The maximum Gasteiger partial charge on any atom is 0.187 e. The van der Waals surface area contributed by atoms with Crippen molar-refractivity contribution >= 4 is 11.8 Å². The van der Waals surface area contributed by atoms with Crippen LogP contribution in [0.3, 0.4) is 0 Å². The first-order valence-electron chi connectivity index (χ1n) is 5.35. The van der Waals surface area contributed by atoms with E-state index in [0.717, 1.165) is 23.6 Å². The summed E-state index contributed by atoms with van der Waals surface area (Å²) in [7, 11) is 0. The Morgan fingerprint density at radius 3 is 2.40 bits per heavy atom. The van der Waals surface area contributed by atoms with Gasteiger partial charge in [0.05, 0.1) is 0 Å². The van der Waals surface area contributed by atoms with E-state index in [4.69, 9.17) is 5.73 Å². The molecule has 3 nitrogen and oxygen atoms in total. The van der Waals surface area contributed by atoms with Crippen LogP contribution in [0.1, 0.15) is 32.8 Å². The lowest BCUT2D eigenvalue weighted by molar-refractivity contribution is 0.726. The third-order valence-electron chi connectivity index (χ3n) is 2.12. The summed E-state index contributed by atoms with van der Waals surface area (Å²) in [6, 6.07) is 0.168. The van der Waals surface area contributed by atoms with Gasteiger partial charge in [0, 0.05) is 23.7 Å². The van der Waals surface area contributed by atoms with Crippen LogP contribution in [0.25, 0.3) is 0 Å². The molecule has 2 N–H and O–H groups in total. The van der Waals surface area contributed by atoms with E-state index in [0.29, 0.717) is 5.25 Å². The number of nitrogens with two attached hydrogens (primary N) is 1. The Morgan fingerprint density at radius 2 is 1.93 bits per heavy atom. The van der Waals surface area contributed by atoms with Gasteiger partial charge in [-0.1, -0.05) is 25.6 Å². The minimum atomic E-state index is 0.168. The van der Waals surface area contributed by atoms with Crippen LogP contribution < -0.4 is 5.73 Å². The van der Waals surface area contributed by atoms with Crippen LogP contribution >= 0.6 is 11.8 Å². The Balaban J connectivity index is 2.56. The lowest BCUT2D eigenvalue weighted by Crippen LogP contribution is -2.18. The lowest BCUT2D eigenvalue weighted by Gasteiger charge is -2.07. The van der Waals surface area contributed by atoms with Crippen LogP contribution in [0.2, 0.25) is 0 Å². The van der Waals surface area contributed by atoms with Crippen molar-refractivity contribution in [3.05, 3.63) is 18.0 Å². The molecule has 2 unspecified atom stereocenters. The molecular weight excluding hydrogens is 206 g/mol. The van der Waals surface area contributed by atoms with Crippen molar-refractivity contribution in [2.45, 2.75) is 50.1 Å². The Morgan fingerprint density at radius 1 is 1.33 bits per heavy atom. The molecule has 0 spiro atoms. The zero-order valence-corrected chi connectivity index (χ0v) is 10.4. The van der Waals surface area contributed by atoms with Crippen LogP contribution in [-0.4, -0.2) is 21.3 Å². The number of nitrogens with zero attached hydrogens (tertiary/aromatic N) is 2. The SMILES string of the molecule is CCC(C)Sc1ncc(CC(C)N)cn1. The van der Waals surface area contributed by atoms with Gasteiger partial charge < -0.3 is 5.73 Å². The first-order chi connectivity index (χ1) is 7.11. The van der Waals surface area contributed by atoms with E-state index in [1.165, 1.54) is 0 Å². The van der Waals surface area contributed by atoms with Gasteiger partial charge in [-0.3, -0.25) is 0 Å². The molecular formula is C11H19N3S. The molecule has 0 bridgehead atoms. The molecule has 0 aliphatic heterocycles. The fourth-order valence-corrected chi connectivity index (χ4v) is 1.90. The highest BCUT2D eigenvalue weighted by molar-refractivity contribution is 7.99. The predicted molar refractivity (Wildman–Crippen MR) is 65.0 cm³/mol. The van der Waals surface area contributed by atoms with Crippen LogP contribution in [-0.2, 0) is 6.42 Å². The molecule has 1 rings (SSSR count). The molecule has 15 heavy (non-hydrogen) atoms. The van der Waals surface area contributed by atoms with E-state index in [1.807, 2.05) is 19.3 Å². The van der Waals surface area contributed by atoms with Gasteiger partial charge in [0.1, 0.15) is 0 Å². The summed E-state index contributed by atoms with van der Waals surface area (Å²) < 4.78 is 0. The molecule has 84 valence electrons. The van der Waals surface area contributed by atoms with Crippen molar-refractivity contribution in [1.82, 2.24) is 9.97 Å². The molecule has 1 aromatic rings. The number of hydrogen-bond acceptors (Lipinski definition) is 4. The van der Waals surface area contributed by atoms with E-state index in [9.17, 15) is 0 Å². The van der Waals surface area contributed by atoms with Gasteiger partial charge in [-0.15, -0.1) is 0 Å². The molecule has 0 amide bonds. The normalized spacial score (nSPS) is 14.9. The molecule has 1 heterocycles. The average molecular weight is 225 g/mol. The summed E-state index contributed by atoms with van der Waals surface area (Å²) in [5, 5.41) is 1.43. The first-order valence-corrected chi connectivity index (χ1v) is 6.23. The summed E-state index contributed by atoms with van der Waals surface area (Å²) in [6.07, 6.45) is 5.73. The summed E-state index contributed by atoms with van der Waals surface area (Å²) >= 11 is 1.72. The molecule has 2 atom stereocenters. The second-order valence-corrected chi connectivity index (χ2v) is 5.30. The fraction of sp³-hybridized carbons (Fsp3) is 0.636. The topological polar surface area (TPSA) is 51.8 Å². The molecule has 4 heteroatoms. The quantitative estimate of drug-likeness (QED) is 0.617. The van der Waals surface area contributed by atoms with E-state index in [2.05, 4.69) is 23.8 Å². The number of aromatic nitrogens is 2. The van der Waals surface area contributed by atoms with Crippen LogP contribution in [0.4, 0.5) is 0 Å². The van der Waals surface area contributed by atoms with Gasteiger partial charge in [-0.2, -0.15) is 0 Å². The summed E-state index contributed by atoms with van der Waals surface area (Å²) in [5.41, 5.74) is 6.81. The second-order valence-electron chi connectivity index (χ2n) is 3.89. The van der Waals surface area contributed by atoms with Crippen LogP contribution in [0.15, 0.2) is 17.6 Å². The average Bonchev–Trinajstić information content (AvgIpc) is 2.20. The van der Waals surface area contributed by atoms with Gasteiger partial charge in [0.15, 0.2) is 5.16 Å². The molecule has 0 fully saturated rings. The van der Waals surface area contributed by atoms with E-state index in [1.54, 1.807) is 11.8 Å². The Hall–Kier alpha value is -0.610. The van der Waals surface area contributed by atoms with Crippen LogP contribution in [0, 0.1) is 0 Å². The van der Waals surface area contributed by atoms with Gasteiger partial charge >= 0.3 is 0 Å². The molecule has 1 aromatic heterocycles. The Bertz CT molecular complexity index is 284. The van der Waals surface area contributed by atoms with E-state index < -0.39 is 0 Å². The molecule has 0 aromatic carbocycles. The highest BCUT2D eigenvalue weighted by Crippen LogP contribution is 2.20. The van der Waals surface area contributed by atoms with Crippen molar-refractivity contribution in [2.75, 3.05) is 0 Å². The summed E-state index contributed by atoms with van der Waals surface area (Å²) in [4.78, 5) is 8.63. The van der Waals surface area contributed by atoms with Crippen molar-refractivity contribution in [3.63, 3.8) is 0 Å². The predicted octanol–water partition coefficient (Wildman–Crippen LogP) is 2.26. The standard InChI is InChI=1S/C11H19N3S/c1-4-9(3)15-11-13-6-10(7-14-11)5-8(2)12/h6-9H,4-5,12H2,1-3H3. The first kappa shape index (κ1) is 12.5. The number of hydrogen-bond donors (Lipinski definition) is 1. The molecule has 0 aliphatic rings. The van der Waals surface area contributed by atoms with Gasteiger partial charge in [-0.25, -0.2) is 9.97 Å². The minimum Gasteiger partial charge on any atom is -0.328 e. The van der Waals surface area contributed by atoms with E-state index >= 15 is 0 Å². The van der Waals surface area contributed by atoms with Crippen molar-refractivity contribution in [2.24, 2.45) is 5.73 Å². The third-order valence-corrected chi connectivity index (χ3v) is 3.28. The molecule has 0 saturated heterocycles.